The van der Waals surface area contributed by atoms with Crippen molar-refractivity contribution in [3.8, 4) is 11.3 Å². The summed E-state index contributed by atoms with van der Waals surface area (Å²) in [6, 6.07) is 12.5. The van der Waals surface area contributed by atoms with E-state index in [0.29, 0.717) is 6.04 Å². The zero-order chi connectivity index (χ0) is 17.4. The van der Waals surface area contributed by atoms with Crippen LogP contribution in [-0.4, -0.2) is 29.2 Å². The van der Waals surface area contributed by atoms with E-state index in [1.807, 2.05) is 6.07 Å². The number of piperazine rings is 1. The topological polar surface area (TPSA) is 61.9 Å². The highest BCUT2D eigenvalue weighted by molar-refractivity contribution is 5.86. The molecule has 0 radical (unpaired) electrons. The molecule has 0 amide bonds. The van der Waals surface area contributed by atoms with Crippen LogP contribution in [0.5, 0.6) is 0 Å². The van der Waals surface area contributed by atoms with E-state index >= 15 is 0 Å². The number of aromatic nitrogens is 2. The summed E-state index contributed by atoms with van der Waals surface area (Å²) in [6.07, 6.45) is 0.891. The summed E-state index contributed by atoms with van der Waals surface area (Å²) in [7, 11) is 2.12. The maximum absolute atomic E-state index is 11.8. The van der Waals surface area contributed by atoms with Crippen LogP contribution in [0.1, 0.15) is 24.2 Å². The Kier molecular flexibility index (Phi) is 4.19. The first-order chi connectivity index (χ1) is 12.2. The average Bonchev–Trinajstić information content (AvgIpc) is 2.98. The van der Waals surface area contributed by atoms with Crippen molar-refractivity contribution in [3.63, 3.8) is 0 Å². The molecule has 0 bridgehead atoms. The standard InChI is InChI=1S/C20H24N4O/c1-3-13-5-7-19(25)23-20(13)14-4-6-17-15(10-14)11-18(24(17)2)16-12-21-8-9-22-16/h4-7,10-11,16,21-22H,3,8-9,12H2,1-2H3,(H,23,25). The lowest BCUT2D eigenvalue weighted by Crippen LogP contribution is -2.43. The zero-order valence-electron chi connectivity index (χ0n) is 14.7. The van der Waals surface area contributed by atoms with Crippen LogP contribution in [-0.2, 0) is 13.5 Å². The van der Waals surface area contributed by atoms with Crippen LogP contribution in [0.3, 0.4) is 0 Å². The van der Waals surface area contributed by atoms with Gasteiger partial charge in [0, 0.05) is 49.3 Å². The van der Waals surface area contributed by atoms with Crippen LogP contribution in [0.25, 0.3) is 22.2 Å². The number of H-pyrrole nitrogens is 1. The maximum atomic E-state index is 11.8. The molecule has 1 aliphatic rings. The Balaban J connectivity index is 1.81. The van der Waals surface area contributed by atoms with E-state index in [1.165, 1.54) is 16.6 Å². The number of rotatable bonds is 3. The molecule has 5 nitrogen and oxygen atoms in total. The molecule has 3 N–H and O–H groups in total. The molecular weight excluding hydrogens is 312 g/mol. The van der Waals surface area contributed by atoms with Crippen LogP contribution < -0.4 is 16.2 Å². The smallest absolute Gasteiger partial charge is 0.248 e. The van der Waals surface area contributed by atoms with Crippen molar-refractivity contribution in [3.05, 3.63) is 58.0 Å². The highest BCUT2D eigenvalue weighted by Gasteiger charge is 2.19. The lowest BCUT2D eigenvalue weighted by molar-refractivity contribution is 0.417. The van der Waals surface area contributed by atoms with Crippen LogP contribution >= 0.6 is 0 Å². The predicted molar refractivity (Wildman–Crippen MR) is 102 cm³/mol. The first-order valence-corrected chi connectivity index (χ1v) is 8.93. The Morgan fingerprint density at radius 3 is 2.80 bits per heavy atom. The van der Waals surface area contributed by atoms with Crippen molar-refractivity contribution in [1.82, 2.24) is 20.2 Å². The molecule has 4 rings (SSSR count). The Bertz CT molecular complexity index is 963. The molecule has 3 aromatic rings. The Morgan fingerprint density at radius 1 is 1.16 bits per heavy atom. The summed E-state index contributed by atoms with van der Waals surface area (Å²) >= 11 is 0. The molecule has 25 heavy (non-hydrogen) atoms. The van der Waals surface area contributed by atoms with E-state index < -0.39 is 0 Å². The molecule has 1 unspecified atom stereocenters. The first kappa shape index (κ1) is 16.1. The van der Waals surface area contributed by atoms with E-state index in [9.17, 15) is 4.79 Å². The Labute approximate surface area is 147 Å². The fraction of sp³-hybridized carbons (Fsp3) is 0.350. The van der Waals surface area contributed by atoms with E-state index in [-0.39, 0.29) is 5.56 Å². The van der Waals surface area contributed by atoms with Gasteiger partial charge in [-0.2, -0.15) is 0 Å². The number of nitrogens with one attached hydrogen (secondary N) is 3. The Hall–Kier alpha value is -2.37. The largest absolute Gasteiger partial charge is 0.346 e. The molecule has 130 valence electrons. The lowest BCUT2D eigenvalue weighted by Gasteiger charge is -2.25. The second-order valence-electron chi connectivity index (χ2n) is 6.69. The SMILES string of the molecule is CCc1ccc(=O)[nH]c1-c1ccc2c(c1)cc(C1CNCCN1)n2C. The highest BCUT2D eigenvalue weighted by atomic mass is 16.1. The minimum Gasteiger partial charge on any atom is -0.346 e. The van der Waals surface area contributed by atoms with Crippen LogP contribution in [0, 0.1) is 0 Å². The molecule has 0 spiro atoms. The van der Waals surface area contributed by atoms with Gasteiger partial charge in [0.15, 0.2) is 0 Å². The Morgan fingerprint density at radius 2 is 2.04 bits per heavy atom. The fourth-order valence-electron chi connectivity index (χ4n) is 3.78. The predicted octanol–water partition coefficient (Wildman–Crippen LogP) is 2.33. The van der Waals surface area contributed by atoms with Gasteiger partial charge in [0.25, 0.3) is 0 Å². The highest BCUT2D eigenvalue weighted by Crippen LogP contribution is 2.29. The molecule has 0 aliphatic carbocycles. The van der Waals surface area contributed by atoms with Gasteiger partial charge in [-0.15, -0.1) is 0 Å². The van der Waals surface area contributed by atoms with Gasteiger partial charge in [-0.1, -0.05) is 19.1 Å². The van der Waals surface area contributed by atoms with Crippen LogP contribution in [0.4, 0.5) is 0 Å². The maximum Gasteiger partial charge on any atom is 0.248 e. The number of hydrogen-bond acceptors (Lipinski definition) is 3. The third kappa shape index (κ3) is 2.90. The average molecular weight is 336 g/mol. The minimum atomic E-state index is -0.0569. The van der Waals surface area contributed by atoms with Gasteiger partial charge < -0.3 is 20.2 Å². The number of nitrogens with zero attached hydrogens (tertiary/aromatic N) is 1. The second-order valence-corrected chi connectivity index (χ2v) is 6.69. The van der Waals surface area contributed by atoms with Crippen LogP contribution in [0.15, 0.2) is 41.2 Å². The van der Waals surface area contributed by atoms with Crippen molar-refractivity contribution in [1.29, 1.82) is 0 Å². The number of fused-ring (bicyclic) bond motifs is 1. The van der Waals surface area contributed by atoms with Crippen molar-refractivity contribution >= 4 is 10.9 Å². The molecule has 5 heteroatoms. The summed E-state index contributed by atoms with van der Waals surface area (Å²) in [4.78, 5) is 14.8. The number of aryl methyl sites for hydroxylation is 2. The molecule has 0 saturated carbocycles. The minimum absolute atomic E-state index is 0.0569. The van der Waals surface area contributed by atoms with Crippen molar-refractivity contribution in [2.45, 2.75) is 19.4 Å². The van der Waals surface area contributed by atoms with E-state index in [1.54, 1.807) is 6.07 Å². The fourth-order valence-corrected chi connectivity index (χ4v) is 3.78. The van der Waals surface area contributed by atoms with E-state index in [4.69, 9.17) is 0 Å². The summed E-state index contributed by atoms with van der Waals surface area (Å²) in [6.45, 7) is 5.06. The summed E-state index contributed by atoms with van der Waals surface area (Å²) in [5, 5.41) is 8.23. The van der Waals surface area contributed by atoms with Crippen molar-refractivity contribution < 1.29 is 0 Å². The normalized spacial score (nSPS) is 17.9. The van der Waals surface area contributed by atoms with Crippen molar-refractivity contribution in [2.75, 3.05) is 19.6 Å². The van der Waals surface area contributed by atoms with Gasteiger partial charge in [0.05, 0.1) is 11.7 Å². The molecule has 3 heterocycles. The first-order valence-electron chi connectivity index (χ1n) is 8.93. The third-order valence-corrected chi connectivity index (χ3v) is 5.15. The molecule has 1 saturated heterocycles. The molecular formula is C20H24N4O. The molecule has 2 aromatic heterocycles. The number of hydrogen-bond donors (Lipinski definition) is 3. The summed E-state index contributed by atoms with van der Waals surface area (Å²) < 4.78 is 2.26. The third-order valence-electron chi connectivity index (χ3n) is 5.15. The van der Waals surface area contributed by atoms with E-state index in [0.717, 1.165) is 42.9 Å². The lowest BCUT2D eigenvalue weighted by atomic mass is 10.0. The second kappa shape index (κ2) is 6.50. The molecule has 1 atom stereocenters. The van der Waals surface area contributed by atoms with Gasteiger partial charge in [0.1, 0.15) is 0 Å². The number of pyridine rings is 1. The van der Waals surface area contributed by atoms with E-state index in [2.05, 4.69) is 58.4 Å². The number of benzene rings is 1. The summed E-state index contributed by atoms with van der Waals surface area (Å²) in [5.41, 5.74) is 5.60. The van der Waals surface area contributed by atoms with Gasteiger partial charge in [0.2, 0.25) is 5.56 Å². The van der Waals surface area contributed by atoms with Crippen LogP contribution in [0.2, 0.25) is 0 Å². The quantitative estimate of drug-likeness (QED) is 0.688. The number of aromatic amines is 1. The monoisotopic (exact) mass is 336 g/mol. The van der Waals surface area contributed by atoms with Gasteiger partial charge in [-0.3, -0.25) is 4.79 Å². The zero-order valence-corrected chi connectivity index (χ0v) is 14.7. The molecule has 1 aliphatic heterocycles. The molecule has 1 aromatic carbocycles. The van der Waals surface area contributed by atoms with Gasteiger partial charge in [-0.25, -0.2) is 0 Å². The van der Waals surface area contributed by atoms with Crippen molar-refractivity contribution in [2.24, 2.45) is 7.05 Å². The summed E-state index contributed by atoms with van der Waals surface area (Å²) in [5.74, 6) is 0. The molecule has 1 fully saturated rings. The van der Waals surface area contributed by atoms with Gasteiger partial charge in [-0.05, 0) is 35.7 Å². The van der Waals surface area contributed by atoms with Gasteiger partial charge >= 0.3 is 0 Å².